The summed E-state index contributed by atoms with van der Waals surface area (Å²) >= 11 is 1.69. The van der Waals surface area contributed by atoms with Gasteiger partial charge in [-0.25, -0.2) is 4.98 Å². The average molecular weight is 300 g/mol. The molecule has 0 unspecified atom stereocenters. The molecule has 21 heavy (non-hydrogen) atoms. The highest BCUT2D eigenvalue weighted by Gasteiger charge is 2.05. The first-order valence-corrected chi connectivity index (χ1v) is 7.49. The molecule has 3 aromatic rings. The molecule has 108 valence electrons. The quantitative estimate of drug-likeness (QED) is 0.754. The van der Waals surface area contributed by atoms with Crippen LogP contribution in [-0.2, 0) is 13.1 Å². The summed E-state index contributed by atoms with van der Waals surface area (Å²) in [5, 5.41) is 4.38. The highest BCUT2D eigenvalue weighted by Crippen LogP contribution is 2.27. The summed E-state index contributed by atoms with van der Waals surface area (Å²) in [7, 11) is 1.67. The van der Waals surface area contributed by atoms with Crippen molar-refractivity contribution in [2.45, 2.75) is 13.1 Å². The fraction of sp³-hybridized carbons (Fsp3) is 0.188. The Morgan fingerprint density at radius 2 is 2.05 bits per heavy atom. The molecule has 2 aromatic heterocycles. The summed E-state index contributed by atoms with van der Waals surface area (Å²) < 4.78 is 10.4. The molecule has 0 aliphatic carbocycles. The topological polar surface area (TPSA) is 47.3 Å². The molecule has 5 heteroatoms. The fourth-order valence-electron chi connectivity index (χ4n) is 1.99. The van der Waals surface area contributed by atoms with Crippen molar-refractivity contribution in [3.8, 4) is 16.2 Å². The SMILES string of the molecule is COc1ccc(-c2cnc(CNCc3ccco3)s2)cc1. The Morgan fingerprint density at radius 1 is 1.19 bits per heavy atom. The molecule has 0 radical (unpaired) electrons. The van der Waals surface area contributed by atoms with E-state index in [2.05, 4.69) is 10.3 Å². The highest BCUT2D eigenvalue weighted by atomic mass is 32.1. The number of thiazole rings is 1. The van der Waals surface area contributed by atoms with Gasteiger partial charge in [-0.15, -0.1) is 11.3 Å². The molecule has 0 bridgehead atoms. The lowest BCUT2D eigenvalue weighted by molar-refractivity contribution is 0.415. The normalized spacial score (nSPS) is 10.7. The molecule has 1 aromatic carbocycles. The van der Waals surface area contributed by atoms with Crippen molar-refractivity contribution >= 4 is 11.3 Å². The third kappa shape index (κ3) is 3.51. The van der Waals surface area contributed by atoms with Gasteiger partial charge in [0.05, 0.1) is 24.8 Å². The summed E-state index contributed by atoms with van der Waals surface area (Å²) in [4.78, 5) is 5.61. The van der Waals surface area contributed by atoms with E-state index in [9.17, 15) is 0 Å². The van der Waals surface area contributed by atoms with Gasteiger partial charge < -0.3 is 14.5 Å². The molecule has 0 amide bonds. The van der Waals surface area contributed by atoms with E-state index < -0.39 is 0 Å². The Hall–Kier alpha value is -2.11. The van der Waals surface area contributed by atoms with Crippen LogP contribution in [-0.4, -0.2) is 12.1 Å². The molecule has 0 saturated carbocycles. The molecule has 3 rings (SSSR count). The Kier molecular flexibility index (Phi) is 4.33. The molecule has 0 atom stereocenters. The van der Waals surface area contributed by atoms with Crippen molar-refractivity contribution < 1.29 is 9.15 Å². The third-order valence-electron chi connectivity index (χ3n) is 3.08. The second kappa shape index (κ2) is 6.56. The number of nitrogens with one attached hydrogen (secondary N) is 1. The Labute approximate surface area is 127 Å². The molecule has 0 spiro atoms. The van der Waals surface area contributed by atoms with Crippen LogP contribution in [0.4, 0.5) is 0 Å². The van der Waals surface area contributed by atoms with Crippen molar-refractivity contribution in [1.29, 1.82) is 0 Å². The van der Waals surface area contributed by atoms with Crippen LogP contribution in [0.5, 0.6) is 5.75 Å². The zero-order chi connectivity index (χ0) is 14.5. The zero-order valence-electron chi connectivity index (χ0n) is 11.7. The van der Waals surface area contributed by atoms with E-state index in [-0.39, 0.29) is 0 Å². The van der Waals surface area contributed by atoms with Crippen LogP contribution < -0.4 is 10.1 Å². The van der Waals surface area contributed by atoms with E-state index in [0.717, 1.165) is 33.5 Å². The van der Waals surface area contributed by atoms with Crippen LogP contribution in [0.2, 0.25) is 0 Å². The van der Waals surface area contributed by atoms with Crippen molar-refractivity contribution in [3.63, 3.8) is 0 Å². The Balaban J connectivity index is 1.60. The first-order chi connectivity index (χ1) is 10.3. The van der Waals surface area contributed by atoms with Gasteiger partial charge in [0.1, 0.15) is 16.5 Å². The van der Waals surface area contributed by atoms with Gasteiger partial charge in [0.2, 0.25) is 0 Å². The molecule has 2 heterocycles. The van der Waals surface area contributed by atoms with Gasteiger partial charge in [0, 0.05) is 12.7 Å². The first-order valence-electron chi connectivity index (χ1n) is 6.67. The number of methoxy groups -OCH3 is 1. The van der Waals surface area contributed by atoms with Crippen LogP contribution in [0.25, 0.3) is 10.4 Å². The van der Waals surface area contributed by atoms with Crippen molar-refractivity contribution in [1.82, 2.24) is 10.3 Å². The lowest BCUT2D eigenvalue weighted by atomic mass is 10.2. The lowest BCUT2D eigenvalue weighted by Crippen LogP contribution is -2.11. The summed E-state index contributed by atoms with van der Waals surface area (Å²) in [5.74, 6) is 1.80. The average Bonchev–Trinajstić information content (AvgIpc) is 3.19. The van der Waals surface area contributed by atoms with Crippen LogP contribution in [0.1, 0.15) is 10.8 Å². The monoisotopic (exact) mass is 300 g/mol. The van der Waals surface area contributed by atoms with Crippen molar-refractivity contribution in [2.24, 2.45) is 0 Å². The molecule has 1 N–H and O–H groups in total. The largest absolute Gasteiger partial charge is 0.497 e. The number of hydrogen-bond donors (Lipinski definition) is 1. The maximum Gasteiger partial charge on any atom is 0.118 e. The van der Waals surface area contributed by atoms with Crippen LogP contribution in [0.3, 0.4) is 0 Å². The van der Waals surface area contributed by atoms with Crippen LogP contribution in [0.15, 0.2) is 53.3 Å². The minimum Gasteiger partial charge on any atom is -0.497 e. The van der Waals surface area contributed by atoms with Gasteiger partial charge in [0.15, 0.2) is 0 Å². The van der Waals surface area contributed by atoms with Crippen LogP contribution in [0, 0.1) is 0 Å². The van der Waals surface area contributed by atoms with Crippen LogP contribution >= 0.6 is 11.3 Å². The standard InChI is InChI=1S/C16H16N2O2S/c1-19-13-6-4-12(5-7-13)15-10-18-16(21-15)11-17-9-14-3-2-8-20-14/h2-8,10,17H,9,11H2,1H3. The zero-order valence-corrected chi connectivity index (χ0v) is 12.5. The number of furan rings is 1. The maximum atomic E-state index is 5.28. The Bertz CT molecular complexity index is 675. The van der Waals surface area contributed by atoms with Crippen molar-refractivity contribution in [2.75, 3.05) is 7.11 Å². The number of hydrogen-bond acceptors (Lipinski definition) is 5. The molecule has 0 aliphatic heterocycles. The minimum absolute atomic E-state index is 0.713. The number of rotatable bonds is 6. The fourth-order valence-corrected chi connectivity index (χ4v) is 2.88. The number of nitrogens with zero attached hydrogens (tertiary/aromatic N) is 1. The molecule has 4 nitrogen and oxygen atoms in total. The van der Waals surface area contributed by atoms with Gasteiger partial charge in [-0.05, 0) is 42.0 Å². The van der Waals surface area contributed by atoms with Gasteiger partial charge in [-0.3, -0.25) is 0 Å². The maximum absolute atomic E-state index is 5.28. The molecule has 0 aliphatic rings. The van der Waals surface area contributed by atoms with E-state index >= 15 is 0 Å². The van der Waals surface area contributed by atoms with Gasteiger partial charge in [-0.2, -0.15) is 0 Å². The number of ether oxygens (including phenoxy) is 1. The van der Waals surface area contributed by atoms with E-state index in [1.807, 2.05) is 42.6 Å². The molecular weight excluding hydrogens is 284 g/mol. The lowest BCUT2D eigenvalue weighted by Gasteiger charge is -2.00. The number of aromatic nitrogens is 1. The van der Waals surface area contributed by atoms with Crippen molar-refractivity contribution in [3.05, 3.63) is 59.6 Å². The smallest absolute Gasteiger partial charge is 0.118 e. The molecule has 0 fully saturated rings. The summed E-state index contributed by atoms with van der Waals surface area (Å²) in [6, 6.07) is 11.9. The molecular formula is C16H16N2O2S. The van der Waals surface area contributed by atoms with E-state index in [0.29, 0.717) is 6.54 Å². The summed E-state index contributed by atoms with van der Waals surface area (Å²) in [6.07, 6.45) is 3.60. The summed E-state index contributed by atoms with van der Waals surface area (Å²) in [5.41, 5.74) is 1.16. The summed E-state index contributed by atoms with van der Waals surface area (Å²) in [6.45, 7) is 1.45. The second-order valence-electron chi connectivity index (χ2n) is 4.53. The van der Waals surface area contributed by atoms with Gasteiger partial charge in [-0.1, -0.05) is 0 Å². The third-order valence-corrected chi connectivity index (χ3v) is 4.13. The Morgan fingerprint density at radius 3 is 2.76 bits per heavy atom. The van der Waals surface area contributed by atoms with E-state index in [1.165, 1.54) is 0 Å². The van der Waals surface area contributed by atoms with Gasteiger partial charge in [0.25, 0.3) is 0 Å². The predicted octanol–water partition coefficient (Wildman–Crippen LogP) is 3.70. The molecule has 0 saturated heterocycles. The van der Waals surface area contributed by atoms with E-state index in [1.54, 1.807) is 24.7 Å². The van der Waals surface area contributed by atoms with E-state index in [4.69, 9.17) is 9.15 Å². The van der Waals surface area contributed by atoms with Gasteiger partial charge >= 0.3 is 0 Å². The highest BCUT2D eigenvalue weighted by molar-refractivity contribution is 7.15. The second-order valence-corrected chi connectivity index (χ2v) is 5.64. The predicted molar refractivity (Wildman–Crippen MR) is 83.4 cm³/mol. The minimum atomic E-state index is 0.713. The first kappa shape index (κ1) is 13.9. The number of benzene rings is 1.